The van der Waals surface area contributed by atoms with Crippen LogP contribution in [-0.4, -0.2) is 42.7 Å². The molecule has 3 rings (SSSR count). The Bertz CT molecular complexity index is 769. The fourth-order valence-electron chi connectivity index (χ4n) is 3.59. The fraction of sp³-hybridized carbons (Fsp3) is 0.381. The van der Waals surface area contributed by atoms with Gasteiger partial charge < -0.3 is 14.7 Å². The van der Waals surface area contributed by atoms with Crippen molar-refractivity contribution in [1.29, 1.82) is 0 Å². The van der Waals surface area contributed by atoms with Crippen LogP contribution in [0.1, 0.15) is 28.8 Å². The van der Waals surface area contributed by atoms with Crippen LogP contribution in [0.25, 0.3) is 0 Å². The van der Waals surface area contributed by atoms with Gasteiger partial charge in [0, 0.05) is 35.7 Å². The third-order valence-corrected chi connectivity index (χ3v) is 5.47. The van der Waals surface area contributed by atoms with E-state index in [0.29, 0.717) is 23.7 Å². The van der Waals surface area contributed by atoms with Crippen LogP contribution in [0.5, 0.6) is 5.75 Å². The highest BCUT2D eigenvalue weighted by Gasteiger charge is 2.35. The van der Waals surface area contributed by atoms with Gasteiger partial charge in [0.1, 0.15) is 5.75 Å². The van der Waals surface area contributed by atoms with E-state index in [1.807, 2.05) is 23.1 Å². The topological polar surface area (TPSA) is 49.8 Å². The number of carbonyl (C=O) groups excluding carboxylic acids is 1. The highest BCUT2D eigenvalue weighted by atomic mass is 35.5. The molecule has 1 fully saturated rings. The zero-order valence-electron chi connectivity index (χ0n) is 15.0. The molecule has 0 aromatic heterocycles. The smallest absolute Gasteiger partial charge is 0.253 e. The molecule has 1 N–H and O–H groups in total. The minimum Gasteiger partial charge on any atom is -0.497 e. The third kappa shape index (κ3) is 4.19. The Hall–Kier alpha value is -2.04. The molecular formula is C21H24ClNO3. The number of carbonyl (C=O) groups is 1. The molecule has 0 unspecified atom stereocenters. The Balaban J connectivity index is 1.67. The average Bonchev–Trinajstić information content (AvgIpc) is 2.68. The largest absolute Gasteiger partial charge is 0.497 e. The van der Waals surface area contributed by atoms with Crippen molar-refractivity contribution in [1.82, 2.24) is 4.90 Å². The molecule has 0 spiro atoms. The first-order chi connectivity index (χ1) is 12.5. The molecule has 1 aliphatic rings. The number of aliphatic hydroxyl groups excluding tert-OH is 1. The maximum atomic E-state index is 12.7. The molecule has 0 atom stereocenters. The minimum absolute atomic E-state index is 0.000389. The number of rotatable bonds is 5. The van der Waals surface area contributed by atoms with E-state index in [0.717, 1.165) is 30.6 Å². The number of likely N-dealkylation sites (tertiary alicyclic amines) is 1. The van der Waals surface area contributed by atoms with Gasteiger partial charge >= 0.3 is 0 Å². The maximum absolute atomic E-state index is 12.7. The molecule has 1 amide bonds. The van der Waals surface area contributed by atoms with Crippen LogP contribution in [0.2, 0.25) is 5.02 Å². The van der Waals surface area contributed by atoms with Crippen LogP contribution in [-0.2, 0) is 6.42 Å². The summed E-state index contributed by atoms with van der Waals surface area (Å²) in [4.78, 5) is 14.5. The molecule has 4 nitrogen and oxygen atoms in total. The van der Waals surface area contributed by atoms with E-state index >= 15 is 0 Å². The van der Waals surface area contributed by atoms with E-state index in [1.165, 1.54) is 0 Å². The van der Waals surface area contributed by atoms with Crippen molar-refractivity contribution in [2.24, 2.45) is 5.41 Å². The summed E-state index contributed by atoms with van der Waals surface area (Å²) in [6, 6.07) is 15.0. The highest BCUT2D eigenvalue weighted by molar-refractivity contribution is 6.30. The summed E-state index contributed by atoms with van der Waals surface area (Å²) < 4.78 is 5.29. The monoisotopic (exact) mass is 373 g/mol. The van der Waals surface area contributed by atoms with E-state index in [1.54, 1.807) is 31.4 Å². The van der Waals surface area contributed by atoms with Crippen LogP contribution in [0.3, 0.4) is 0 Å². The highest BCUT2D eigenvalue weighted by Crippen LogP contribution is 2.36. The Labute approximate surface area is 159 Å². The van der Waals surface area contributed by atoms with Crippen LogP contribution in [0.15, 0.2) is 48.5 Å². The van der Waals surface area contributed by atoms with Gasteiger partial charge in [-0.05, 0) is 55.2 Å². The summed E-state index contributed by atoms with van der Waals surface area (Å²) in [5.41, 5.74) is 1.56. The van der Waals surface area contributed by atoms with Gasteiger partial charge in [-0.2, -0.15) is 0 Å². The number of hydrogen-bond donors (Lipinski definition) is 1. The van der Waals surface area contributed by atoms with Crippen LogP contribution in [0, 0.1) is 5.41 Å². The van der Waals surface area contributed by atoms with Crippen molar-refractivity contribution >= 4 is 17.5 Å². The first-order valence-electron chi connectivity index (χ1n) is 8.84. The van der Waals surface area contributed by atoms with Crippen LogP contribution < -0.4 is 4.74 Å². The van der Waals surface area contributed by atoms with Crippen molar-refractivity contribution < 1.29 is 14.6 Å². The van der Waals surface area contributed by atoms with E-state index in [4.69, 9.17) is 16.3 Å². The summed E-state index contributed by atoms with van der Waals surface area (Å²) in [6.07, 6.45) is 2.32. The molecule has 138 valence electrons. The number of nitrogens with zero attached hydrogens (tertiary/aromatic N) is 1. The standard InChI is InChI=1S/C21H24ClNO3/c1-26-19-7-2-4-16(12-19)14-21(15-24)8-10-23(11-9-21)20(25)17-5-3-6-18(22)13-17/h2-7,12-13,24H,8-11,14-15H2,1H3. The van der Waals surface area contributed by atoms with Gasteiger partial charge in [-0.1, -0.05) is 29.8 Å². The summed E-state index contributed by atoms with van der Waals surface area (Å²) in [5, 5.41) is 10.6. The van der Waals surface area contributed by atoms with Gasteiger partial charge in [0.2, 0.25) is 0 Å². The molecule has 0 radical (unpaired) electrons. The Morgan fingerprint density at radius 3 is 2.58 bits per heavy atom. The maximum Gasteiger partial charge on any atom is 0.253 e. The molecule has 1 saturated heterocycles. The lowest BCUT2D eigenvalue weighted by Gasteiger charge is -2.41. The van der Waals surface area contributed by atoms with Crippen molar-refractivity contribution in [3.05, 3.63) is 64.7 Å². The molecule has 0 saturated carbocycles. The Morgan fingerprint density at radius 1 is 1.19 bits per heavy atom. The Morgan fingerprint density at radius 2 is 1.92 bits per heavy atom. The summed E-state index contributed by atoms with van der Waals surface area (Å²) in [5.74, 6) is 0.824. The molecule has 0 bridgehead atoms. The van der Waals surface area contributed by atoms with Crippen molar-refractivity contribution in [3.8, 4) is 5.75 Å². The second-order valence-electron chi connectivity index (χ2n) is 6.99. The van der Waals surface area contributed by atoms with Gasteiger partial charge in [-0.25, -0.2) is 0 Å². The van der Waals surface area contributed by atoms with Crippen molar-refractivity contribution in [2.45, 2.75) is 19.3 Å². The van der Waals surface area contributed by atoms with Crippen LogP contribution in [0.4, 0.5) is 0 Å². The molecule has 26 heavy (non-hydrogen) atoms. The quantitative estimate of drug-likeness (QED) is 0.867. The zero-order valence-corrected chi connectivity index (χ0v) is 15.7. The molecule has 1 heterocycles. The van der Waals surface area contributed by atoms with E-state index < -0.39 is 0 Å². The van der Waals surface area contributed by atoms with Gasteiger partial charge in [-0.15, -0.1) is 0 Å². The lowest BCUT2D eigenvalue weighted by atomic mass is 9.74. The SMILES string of the molecule is COc1cccc(CC2(CO)CCN(C(=O)c3cccc(Cl)c3)CC2)c1. The predicted octanol–water partition coefficient (Wildman–Crippen LogP) is 3.81. The number of piperidine rings is 1. The number of amides is 1. The number of hydrogen-bond acceptors (Lipinski definition) is 3. The van der Waals surface area contributed by atoms with Gasteiger partial charge in [0.15, 0.2) is 0 Å². The minimum atomic E-state index is -0.197. The van der Waals surface area contributed by atoms with Crippen molar-refractivity contribution in [3.63, 3.8) is 0 Å². The first-order valence-corrected chi connectivity index (χ1v) is 9.22. The molecule has 1 aliphatic heterocycles. The lowest BCUT2D eigenvalue weighted by molar-refractivity contribution is 0.0358. The fourth-order valence-corrected chi connectivity index (χ4v) is 3.78. The molecular weight excluding hydrogens is 350 g/mol. The number of aliphatic hydroxyl groups is 1. The molecule has 2 aromatic carbocycles. The Kier molecular flexibility index (Phi) is 5.84. The summed E-state index contributed by atoms with van der Waals surface area (Å²) >= 11 is 6.00. The average molecular weight is 374 g/mol. The molecule has 2 aromatic rings. The number of methoxy groups -OCH3 is 1. The van der Waals surface area contributed by atoms with Gasteiger partial charge in [0.25, 0.3) is 5.91 Å². The number of halogens is 1. The second kappa shape index (κ2) is 8.11. The molecule has 5 heteroatoms. The van der Waals surface area contributed by atoms with E-state index in [-0.39, 0.29) is 17.9 Å². The third-order valence-electron chi connectivity index (χ3n) is 5.23. The van der Waals surface area contributed by atoms with E-state index in [9.17, 15) is 9.90 Å². The summed E-state index contributed by atoms with van der Waals surface area (Å²) in [6.45, 7) is 1.38. The number of ether oxygens (including phenoxy) is 1. The lowest BCUT2D eigenvalue weighted by Crippen LogP contribution is -2.45. The predicted molar refractivity (Wildman–Crippen MR) is 103 cm³/mol. The molecule has 0 aliphatic carbocycles. The normalized spacial score (nSPS) is 16.3. The van der Waals surface area contributed by atoms with Crippen molar-refractivity contribution in [2.75, 3.05) is 26.8 Å². The zero-order chi connectivity index (χ0) is 18.6. The summed E-state index contributed by atoms with van der Waals surface area (Å²) in [7, 11) is 1.65. The first kappa shape index (κ1) is 18.7. The van der Waals surface area contributed by atoms with Crippen LogP contribution >= 0.6 is 11.6 Å². The van der Waals surface area contributed by atoms with Gasteiger partial charge in [0.05, 0.1) is 7.11 Å². The second-order valence-corrected chi connectivity index (χ2v) is 7.43. The van der Waals surface area contributed by atoms with E-state index in [2.05, 4.69) is 6.07 Å². The van der Waals surface area contributed by atoms with Gasteiger partial charge in [-0.3, -0.25) is 4.79 Å². The number of benzene rings is 2.